The number of rotatable bonds is 2. The molecule has 0 aromatic rings. The van der Waals surface area contributed by atoms with Crippen LogP contribution in [0, 0.1) is 0 Å². The monoisotopic (exact) mass is 272 g/mol. The fraction of sp³-hybridized carbons (Fsp3) is 0.400. The van der Waals surface area contributed by atoms with E-state index in [9.17, 15) is 14.4 Å². The minimum absolute atomic E-state index is 0.0200. The number of hydrogen-bond acceptors (Lipinski definition) is 3. The smallest absolute Gasteiger partial charge is 0.253 e. The van der Waals surface area contributed by atoms with Crippen molar-refractivity contribution in [1.82, 2.24) is 9.80 Å². The molecule has 104 valence electrons. The van der Waals surface area contributed by atoms with Crippen LogP contribution in [0.5, 0.6) is 0 Å². The Balaban J connectivity index is 1.63. The summed E-state index contributed by atoms with van der Waals surface area (Å²) in [4.78, 5) is 38.2. The van der Waals surface area contributed by atoms with Crippen molar-refractivity contribution in [2.24, 2.45) is 0 Å². The van der Waals surface area contributed by atoms with Crippen LogP contribution >= 0.6 is 0 Å². The lowest BCUT2D eigenvalue weighted by atomic mass is 9.89. The van der Waals surface area contributed by atoms with E-state index >= 15 is 0 Å². The van der Waals surface area contributed by atoms with E-state index in [-0.39, 0.29) is 29.8 Å². The third-order valence-electron chi connectivity index (χ3n) is 4.21. The van der Waals surface area contributed by atoms with E-state index in [4.69, 9.17) is 0 Å². The Morgan fingerprint density at radius 1 is 0.750 bits per heavy atom. The van der Waals surface area contributed by atoms with Crippen LogP contribution < -0.4 is 0 Å². The van der Waals surface area contributed by atoms with Gasteiger partial charge in [-0.2, -0.15) is 0 Å². The van der Waals surface area contributed by atoms with Crippen LogP contribution in [0.2, 0.25) is 0 Å². The Morgan fingerprint density at radius 3 is 1.60 bits per heavy atom. The average molecular weight is 272 g/mol. The predicted octanol–water partition coefficient (Wildman–Crippen LogP) is 1.13. The highest BCUT2D eigenvalue weighted by molar-refractivity contribution is 6.13. The Hall–Kier alpha value is -2.17. The number of hydrogen-bond donors (Lipinski definition) is 0. The lowest BCUT2D eigenvalue weighted by Gasteiger charge is -2.37. The largest absolute Gasteiger partial charge is 0.306 e. The van der Waals surface area contributed by atoms with Gasteiger partial charge in [-0.3, -0.25) is 19.3 Å². The maximum absolute atomic E-state index is 11.8. The summed E-state index contributed by atoms with van der Waals surface area (Å²) in [5.41, 5.74) is 0.730. The maximum Gasteiger partial charge on any atom is 0.253 e. The van der Waals surface area contributed by atoms with Crippen LogP contribution in [0.3, 0.4) is 0 Å². The van der Waals surface area contributed by atoms with E-state index < -0.39 is 0 Å². The first-order valence-corrected chi connectivity index (χ1v) is 6.83. The summed E-state index contributed by atoms with van der Waals surface area (Å²) in [6, 6.07) is 0.0854. The van der Waals surface area contributed by atoms with Gasteiger partial charge in [0.15, 0.2) is 0 Å². The Kier molecular flexibility index (Phi) is 3.04. The molecule has 3 amide bonds. The Morgan fingerprint density at radius 2 is 1.15 bits per heavy atom. The van der Waals surface area contributed by atoms with Crippen LogP contribution in [-0.2, 0) is 14.4 Å². The van der Waals surface area contributed by atoms with Crippen LogP contribution in [0.1, 0.15) is 25.7 Å². The number of carbonyl (C=O) groups excluding carboxylic acids is 3. The minimum atomic E-state index is -0.221. The third kappa shape index (κ3) is 1.99. The molecule has 0 N–H and O–H groups in total. The maximum atomic E-state index is 11.8. The third-order valence-corrected chi connectivity index (χ3v) is 4.21. The molecular formula is C15H16N2O3. The molecule has 0 unspecified atom stereocenters. The standard InChI is InChI=1S/C15H16N2O3/c1-10-2-7-13(18)16(10)11-3-5-12(6-4-11)17-14(19)8-9-15(17)20/h2,7-9,11-12H,1,3-6H2. The molecule has 2 heterocycles. The van der Waals surface area contributed by atoms with E-state index in [2.05, 4.69) is 6.58 Å². The quantitative estimate of drug-likeness (QED) is 0.708. The molecule has 1 aliphatic carbocycles. The number of amides is 3. The van der Waals surface area contributed by atoms with Gasteiger partial charge in [-0.15, -0.1) is 0 Å². The molecule has 0 aromatic carbocycles. The number of imide groups is 1. The first kappa shape index (κ1) is 12.8. The van der Waals surface area contributed by atoms with E-state index in [1.807, 2.05) is 0 Å². The van der Waals surface area contributed by atoms with Crippen molar-refractivity contribution in [1.29, 1.82) is 0 Å². The highest BCUT2D eigenvalue weighted by Crippen LogP contribution is 2.31. The summed E-state index contributed by atoms with van der Waals surface area (Å²) in [5.74, 6) is -0.461. The molecule has 0 bridgehead atoms. The lowest BCUT2D eigenvalue weighted by molar-refractivity contribution is -0.141. The number of allylic oxidation sites excluding steroid dienone is 1. The molecule has 0 saturated heterocycles. The molecule has 3 rings (SSSR count). The van der Waals surface area contributed by atoms with Crippen molar-refractivity contribution in [3.05, 3.63) is 36.6 Å². The second-order valence-electron chi connectivity index (χ2n) is 5.38. The van der Waals surface area contributed by atoms with Gasteiger partial charge in [-0.25, -0.2) is 0 Å². The molecule has 2 aliphatic heterocycles. The molecule has 0 aromatic heterocycles. The molecule has 1 saturated carbocycles. The SMILES string of the molecule is C=C1C=CC(=O)N1C1CCC(N2C(=O)C=CC2=O)CC1. The van der Waals surface area contributed by atoms with Crippen molar-refractivity contribution in [3.63, 3.8) is 0 Å². The molecule has 0 atom stereocenters. The summed E-state index contributed by atoms with van der Waals surface area (Å²) >= 11 is 0. The van der Waals surface area contributed by atoms with Gasteiger partial charge >= 0.3 is 0 Å². The van der Waals surface area contributed by atoms with Gasteiger partial charge in [-0.05, 0) is 31.8 Å². The highest BCUT2D eigenvalue weighted by atomic mass is 16.2. The summed E-state index contributed by atoms with van der Waals surface area (Å²) in [6.07, 6.45) is 8.95. The van der Waals surface area contributed by atoms with Gasteiger partial charge in [0.2, 0.25) is 0 Å². The Bertz CT molecular complexity index is 467. The normalized spacial score (nSPS) is 30.0. The minimum Gasteiger partial charge on any atom is -0.306 e. The second kappa shape index (κ2) is 4.74. The van der Waals surface area contributed by atoms with E-state index in [0.29, 0.717) is 0 Å². The molecule has 0 spiro atoms. The first-order valence-electron chi connectivity index (χ1n) is 6.83. The lowest BCUT2D eigenvalue weighted by Crippen LogP contribution is -2.46. The molecule has 3 aliphatic rings. The van der Waals surface area contributed by atoms with Crippen molar-refractivity contribution in [2.45, 2.75) is 37.8 Å². The molecule has 1 fully saturated rings. The van der Waals surface area contributed by atoms with Gasteiger partial charge in [-0.1, -0.05) is 6.58 Å². The molecular weight excluding hydrogens is 256 g/mol. The van der Waals surface area contributed by atoms with Gasteiger partial charge in [0.25, 0.3) is 17.7 Å². The second-order valence-corrected chi connectivity index (χ2v) is 5.38. The zero-order valence-electron chi connectivity index (χ0n) is 11.1. The van der Waals surface area contributed by atoms with E-state index in [1.165, 1.54) is 23.1 Å². The van der Waals surface area contributed by atoms with Crippen LogP contribution in [0.15, 0.2) is 36.6 Å². The van der Waals surface area contributed by atoms with Gasteiger partial charge < -0.3 is 4.90 Å². The van der Waals surface area contributed by atoms with Crippen molar-refractivity contribution in [3.8, 4) is 0 Å². The average Bonchev–Trinajstić information content (AvgIpc) is 2.94. The van der Waals surface area contributed by atoms with Crippen LogP contribution in [-0.4, -0.2) is 39.6 Å². The van der Waals surface area contributed by atoms with Gasteiger partial charge in [0.05, 0.1) is 0 Å². The fourth-order valence-corrected chi connectivity index (χ4v) is 3.23. The number of nitrogens with zero attached hydrogens (tertiary/aromatic N) is 2. The highest BCUT2D eigenvalue weighted by Gasteiger charge is 2.37. The van der Waals surface area contributed by atoms with Crippen molar-refractivity contribution < 1.29 is 14.4 Å². The molecule has 5 heteroatoms. The summed E-state index contributed by atoms with van der Waals surface area (Å²) < 4.78 is 0. The van der Waals surface area contributed by atoms with Crippen LogP contribution in [0.25, 0.3) is 0 Å². The fourth-order valence-electron chi connectivity index (χ4n) is 3.23. The van der Waals surface area contributed by atoms with E-state index in [1.54, 1.807) is 11.0 Å². The molecule has 5 nitrogen and oxygen atoms in total. The van der Waals surface area contributed by atoms with Crippen LogP contribution in [0.4, 0.5) is 0 Å². The molecule has 0 radical (unpaired) electrons. The first-order chi connectivity index (χ1) is 9.58. The van der Waals surface area contributed by atoms with E-state index in [0.717, 1.165) is 31.4 Å². The van der Waals surface area contributed by atoms with Gasteiger partial charge in [0.1, 0.15) is 0 Å². The Labute approximate surface area is 117 Å². The van der Waals surface area contributed by atoms with Crippen molar-refractivity contribution in [2.75, 3.05) is 0 Å². The molecule has 20 heavy (non-hydrogen) atoms. The zero-order valence-corrected chi connectivity index (χ0v) is 11.1. The number of carbonyl (C=O) groups is 3. The summed E-state index contributed by atoms with van der Waals surface area (Å²) in [5, 5.41) is 0. The summed E-state index contributed by atoms with van der Waals surface area (Å²) in [6.45, 7) is 3.87. The zero-order chi connectivity index (χ0) is 14.3. The predicted molar refractivity (Wildman–Crippen MR) is 72.2 cm³/mol. The van der Waals surface area contributed by atoms with Gasteiger partial charge in [0, 0.05) is 36.0 Å². The van der Waals surface area contributed by atoms with Crippen molar-refractivity contribution >= 4 is 17.7 Å². The summed E-state index contributed by atoms with van der Waals surface area (Å²) in [7, 11) is 0. The topological polar surface area (TPSA) is 57.7 Å².